The molecule has 0 aromatic heterocycles. The van der Waals surface area contributed by atoms with Crippen molar-refractivity contribution in [1.82, 2.24) is 10.2 Å². The quantitative estimate of drug-likeness (QED) is 0.819. The van der Waals surface area contributed by atoms with Gasteiger partial charge in [0.15, 0.2) is 0 Å². The normalized spacial score (nSPS) is 23.2. The Morgan fingerprint density at radius 1 is 1.21 bits per heavy atom. The van der Waals surface area contributed by atoms with Gasteiger partial charge in [-0.1, -0.05) is 6.07 Å². The standard InChI is InChI=1S/C14H19N3O2/c1-9-7-17(8-10(2)16-9)14(19)12-5-3-4-11(6-12)13(15)18/h3-6,9-10,16H,7-8H2,1-2H3,(H2,15,18). The molecule has 2 rings (SSSR count). The highest BCUT2D eigenvalue weighted by Crippen LogP contribution is 2.12. The fourth-order valence-corrected chi connectivity index (χ4v) is 2.48. The van der Waals surface area contributed by atoms with Crippen LogP contribution in [0.15, 0.2) is 24.3 Å². The Labute approximate surface area is 112 Å². The fraction of sp³-hybridized carbons (Fsp3) is 0.429. The first kappa shape index (κ1) is 13.5. The summed E-state index contributed by atoms with van der Waals surface area (Å²) in [7, 11) is 0. The molecule has 2 atom stereocenters. The van der Waals surface area contributed by atoms with Crippen LogP contribution in [0.3, 0.4) is 0 Å². The van der Waals surface area contributed by atoms with Gasteiger partial charge in [0, 0.05) is 36.3 Å². The number of hydrogen-bond donors (Lipinski definition) is 2. The Hall–Kier alpha value is -1.88. The molecule has 1 heterocycles. The van der Waals surface area contributed by atoms with Crippen LogP contribution < -0.4 is 11.1 Å². The number of hydrogen-bond acceptors (Lipinski definition) is 3. The monoisotopic (exact) mass is 261 g/mol. The summed E-state index contributed by atoms with van der Waals surface area (Å²) in [5.74, 6) is -0.569. The second-order valence-corrected chi connectivity index (χ2v) is 5.12. The average molecular weight is 261 g/mol. The van der Waals surface area contributed by atoms with E-state index in [0.29, 0.717) is 24.2 Å². The topological polar surface area (TPSA) is 75.4 Å². The fourth-order valence-electron chi connectivity index (χ4n) is 2.48. The molecular formula is C14H19N3O2. The second-order valence-electron chi connectivity index (χ2n) is 5.12. The number of carbonyl (C=O) groups excluding carboxylic acids is 2. The van der Waals surface area contributed by atoms with Crippen LogP contribution in [0.25, 0.3) is 0 Å². The molecule has 0 aliphatic carbocycles. The van der Waals surface area contributed by atoms with Gasteiger partial charge in [-0.15, -0.1) is 0 Å². The summed E-state index contributed by atoms with van der Waals surface area (Å²) in [5, 5.41) is 3.38. The van der Waals surface area contributed by atoms with Gasteiger partial charge >= 0.3 is 0 Å². The number of piperazine rings is 1. The molecule has 0 spiro atoms. The van der Waals surface area contributed by atoms with Crippen LogP contribution in [0.4, 0.5) is 0 Å². The largest absolute Gasteiger partial charge is 0.366 e. The molecule has 1 aliphatic heterocycles. The third-order valence-corrected chi connectivity index (χ3v) is 3.24. The minimum absolute atomic E-state index is 0.0525. The molecule has 1 saturated heterocycles. The van der Waals surface area contributed by atoms with Crippen molar-refractivity contribution in [3.8, 4) is 0 Å². The molecule has 5 nitrogen and oxygen atoms in total. The van der Waals surface area contributed by atoms with Gasteiger partial charge in [0.25, 0.3) is 5.91 Å². The number of amides is 2. The summed E-state index contributed by atoms with van der Waals surface area (Å²) in [4.78, 5) is 25.4. The number of carbonyl (C=O) groups is 2. The zero-order valence-corrected chi connectivity index (χ0v) is 11.2. The van der Waals surface area contributed by atoms with E-state index >= 15 is 0 Å². The SMILES string of the molecule is CC1CN(C(=O)c2cccc(C(N)=O)c2)CC(C)N1. The Balaban J connectivity index is 2.19. The number of nitrogens with one attached hydrogen (secondary N) is 1. The maximum atomic E-state index is 12.4. The molecule has 102 valence electrons. The van der Waals surface area contributed by atoms with Gasteiger partial charge in [-0.2, -0.15) is 0 Å². The van der Waals surface area contributed by atoms with Crippen LogP contribution in [0.5, 0.6) is 0 Å². The Kier molecular flexibility index (Phi) is 3.85. The lowest BCUT2D eigenvalue weighted by molar-refractivity contribution is 0.0674. The van der Waals surface area contributed by atoms with E-state index in [2.05, 4.69) is 19.2 Å². The molecule has 2 amide bonds. The highest BCUT2D eigenvalue weighted by molar-refractivity contribution is 5.99. The Morgan fingerprint density at radius 3 is 2.37 bits per heavy atom. The molecule has 19 heavy (non-hydrogen) atoms. The van der Waals surface area contributed by atoms with Gasteiger partial charge in [0.05, 0.1) is 0 Å². The van der Waals surface area contributed by atoms with Crippen LogP contribution in [0.1, 0.15) is 34.6 Å². The number of primary amides is 1. The Bertz CT molecular complexity index is 491. The molecule has 3 N–H and O–H groups in total. The predicted molar refractivity (Wildman–Crippen MR) is 72.9 cm³/mol. The third kappa shape index (κ3) is 3.12. The number of nitrogens with two attached hydrogens (primary N) is 1. The Morgan fingerprint density at radius 2 is 1.79 bits per heavy atom. The minimum atomic E-state index is -0.517. The van der Waals surface area contributed by atoms with E-state index in [1.54, 1.807) is 24.3 Å². The number of nitrogens with zero attached hydrogens (tertiary/aromatic N) is 1. The average Bonchev–Trinajstić information content (AvgIpc) is 2.37. The van der Waals surface area contributed by atoms with E-state index < -0.39 is 5.91 Å². The van der Waals surface area contributed by atoms with Gasteiger partial charge in [0.1, 0.15) is 0 Å². The first-order chi connectivity index (χ1) is 8.97. The molecule has 1 fully saturated rings. The van der Waals surface area contributed by atoms with Gasteiger partial charge < -0.3 is 16.0 Å². The van der Waals surface area contributed by atoms with Crippen LogP contribution >= 0.6 is 0 Å². The van der Waals surface area contributed by atoms with Crippen molar-refractivity contribution in [2.75, 3.05) is 13.1 Å². The molecule has 0 bridgehead atoms. The first-order valence-electron chi connectivity index (χ1n) is 6.42. The number of benzene rings is 1. The number of rotatable bonds is 2. The molecule has 1 aromatic carbocycles. The van der Waals surface area contributed by atoms with Crippen molar-refractivity contribution in [2.24, 2.45) is 5.73 Å². The molecule has 1 aliphatic rings. The van der Waals surface area contributed by atoms with Crippen molar-refractivity contribution in [2.45, 2.75) is 25.9 Å². The van der Waals surface area contributed by atoms with E-state index in [1.807, 2.05) is 4.90 Å². The molecule has 5 heteroatoms. The van der Waals surface area contributed by atoms with E-state index in [4.69, 9.17) is 5.73 Å². The lowest BCUT2D eigenvalue weighted by atomic mass is 10.1. The lowest BCUT2D eigenvalue weighted by Gasteiger charge is -2.36. The van der Waals surface area contributed by atoms with Crippen molar-refractivity contribution in [3.63, 3.8) is 0 Å². The zero-order valence-electron chi connectivity index (χ0n) is 11.2. The van der Waals surface area contributed by atoms with Gasteiger partial charge in [-0.3, -0.25) is 9.59 Å². The van der Waals surface area contributed by atoms with Gasteiger partial charge in [-0.25, -0.2) is 0 Å². The highest BCUT2D eigenvalue weighted by atomic mass is 16.2. The summed E-state index contributed by atoms with van der Waals surface area (Å²) >= 11 is 0. The predicted octanol–water partition coefficient (Wildman–Crippen LogP) is 0.608. The maximum Gasteiger partial charge on any atom is 0.253 e. The van der Waals surface area contributed by atoms with Crippen LogP contribution in [-0.2, 0) is 0 Å². The van der Waals surface area contributed by atoms with Crippen molar-refractivity contribution >= 4 is 11.8 Å². The van der Waals surface area contributed by atoms with Gasteiger partial charge in [-0.05, 0) is 32.0 Å². The van der Waals surface area contributed by atoms with E-state index in [1.165, 1.54) is 0 Å². The second kappa shape index (κ2) is 5.40. The molecular weight excluding hydrogens is 242 g/mol. The molecule has 0 radical (unpaired) electrons. The summed E-state index contributed by atoms with van der Waals surface area (Å²) in [6.07, 6.45) is 0. The maximum absolute atomic E-state index is 12.4. The molecule has 0 saturated carbocycles. The van der Waals surface area contributed by atoms with Crippen molar-refractivity contribution < 1.29 is 9.59 Å². The zero-order chi connectivity index (χ0) is 14.0. The smallest absolute Gasteiger partial charge is 0.253 e. The van der Waals surface area contributed by atoms with E-state index in [-0.39, 0.29) is 18.0 Å². The molecule has 1 aromatic rings. The first-order valence-corrected chi connectivity index (χ1v) is 6.42. The summed E-state index contributed by atoms with van der Waals surface area (Å²) < 4.78 is 0. The lowest BCUT2D eigenvalue weighted by Crippen LogP contribution is -2.55. The third-order valence-electron chi connectivity index (χ3n) is 3.24. The van der Waals surface area contributed by atoms with Crippen LogP contribution in [-0.4, -0.2) is 41.9 Å². The summed E-state index contributed by atoms with van der Waals surface area (Å²) in [5.41, 5.74) is 6.11. The van der Waals surface area contributed by atoms with Crippen molar-refractivity contribution in [1.29, 1.82) is 0 Å². The van der Waals surface area contributed by atoms with Crippen LogP contribution in [0, 0.1) is 0 Å². The minimum Gasteiger partial charge on any atom is -0.366 e. The molecule has 2 unspecified atom stereocenters. The van der Waals surface area contributed by atoms with E-state index in [0.717, 1.165) is 0 Å². The van der Waals surface area contributed by atoms with Crippen LogP contribution in [0.2, 0.25) is 0 Å². The highest BCUT2D eigenvalue weighted by Gasteiger charge is 2.25. The summed E-state index contributed by atoms with van der Waals surface area (Å²) in [6, 6.07) is 7.11. The summed E-state index contributed by atoms with van der Waals surface area (Å²) in [6.45, 7) is 5.44. The van der Waals surface area contributed by atoms with Gasteiger partial charge in [0.2, 0.25) is 5.91 Å². The van der Waals surface area contributed by atoms with E-state index in [9.17, 15) is 9.59 Å². The van der Waals surface area contributed by atoms with Crippen molar-refractivity contribution in [3.05, 3.63) is 35.4 Å².